The summed E-state index contributed by atoms with van der Waals surface area (Å²) in [6.07, 6.45) is 1.50. The van der Waals surface area contributed by atoms with Crippen LogP contribution in [0.3, 0.4) is 0 Å². The average Bonchev–Trinajstić information content (AvgIpc) is 2.47. The Morgan fingerprint density at radius 3 is 3.00 bits per heavy atom. The van der Waals surface area contributed by atoms with E-state index < -0.39 is 11.5 Å². The number of hydrogen-bond donors (Lipinski definition) is 1. The number of rotatable bonds is 4. The van der Waals surface area contributed by atoms with Gasteiger partial charge in [-0.2, -0.15) is 0 Å². The van der Waals surface area contributed by atoms with E-state index in [1.54, 1.807) is 6.07 Å². The van der Waals surface area contributed by atoms with E-state index in [1.165, 1.54) is 6.26 Å². The van der Waals surface area contributed by atoms with E-state index >= 15 is 0 Å². The summed E-state index contributed by atoms with van der Waals surface area (Å²) in [7, 11) is 0. The molecule has 0 spiro atoms. The van der Waals surface area contributed by atoms with Crippen molar-refractivity contribution in [3.8, 4) is 0 Å². The Morgan fingerprint density at radius 2 is 2.54 bits per heavy atom. The molecule has 72 valence electrons. The minimum Gasteiger partial charge on any atom is -0.478 e. The summed E-state index contributed by atoms with van der Waals surface area (Å²) in [5, 5.41) is 8.25. The second-order valence-corrected chi connectivity index (χ2v) is 3.53. The van der Waals surface area contributed by atoms with Gasteiger partial charge in [0.15, 0.2) is 0 Å². The number of aliphatic carboxylic acids is 1. The van der Waals surface area contributed by atoms with Crippen LogP contribution in [0, 0.1) is 6.92 Å². The molecule has 0 aliphatic heterocycles. The van der Waals surface area contributed by atoms with Gasteiger partial charge in [0.2, 0.25) is 5.50 Å². The molecular formula is C8H9FO3S. The second kappa shape index (κ2) is 4.32. The molecule has 0 radical (unpaired) electrons. The number of carbonyl (C=O) groups is 1. The molecule has 13 heavy (non-hydrogen) atoms. The average molecular weight is 204 g/mol. The van der Waals surface area contributed by atoms with Crippen molar-refractivity contribution in [3.63, 3.8) is 0 Å². The van der Waals surface area contributed by atoms with Gasteiger partial charge in [0.1, 0.15) is 5.76 Å². The minimum atomic E-state index is -1.88. The van der Waals surface area contributed by atoms with E-state index in [2.05, 4.69) is 0 Å². The van der Waals surface area contributed by atoms with Gasteiger partial charge in [-0.05, 0) is 18.6 Å². The lowest BCUT2D eigenvalue weighted by atomic mass is 10.3. The Hall–Kier alpha value is -0.970. The zero-order chi connectivity index (χ0) is 9.84. The summed E-state index contributed by atoms with van der Waals surface area (Å²) < 4.78 is 17.6. The van der Waals surface area contributed by atoms with Crippen molar-refractivity contribution in [2.75, 3.05) is 0 Å². The Kier molecular flexibility index (Phi) is 3.36. The molecule has 0 bridgehead atoms. The number of carboxylic acid groups (broad SMARTS) is 1. The standard InChI is InChI=1S/C8H9FO3S/c1-5-2-3-12-6(5)4-13-7(9)8(10)11/h2-3,7H,4H2,1H3,(H,10,11). The van der Waals surface area contributed by atoms with Crippen molar-refractivity contribution in [2.24, 2.45) is 0 Å². The lowest BCUT2D eigenvalue weighted by Crippen LogP contribution is -2.09. The first-order valence-corrected chi connectivity index (χ1v) is 4.67. The summed E-state index contributed by atoms with van der Waals surface area (Å²) in [6, 6.07) is 1.75. The van der Waals surface area contributed by atoms with E-state index in [0.29, 0.717) is 17.5 Å². The molecular weight excluding hydrogens is 195 g/mol. The third-order valence-corrected chi connectivity index (χ3v) is 2.45. The molecule has 0 amide bonds. The first-order valence-electron chi connectivity index (χ1n) is 3.62. The highest BCUT2D eigenvalue weighted by atomic mass is 32.2. The van der Waals surface area contributed by atoms with E-state index in [4.69, 9.17) is 9.52 Å². The van der Waals surface area contributed by atoms with Crippen LogP contribution in [-0.2, 0) is 10.5 Å². The molecule has 1 aromatic heterocycles. The van der Waals surface area contributed by atoms with Gasteiger partial charge in [-0.25, -0.2) is 9.18 Å². The molecule has 1 rings (SSSR count). The smallest absolute Gasteiger partial charge is 0.348 e. The first kappa shape index (κ1) is 10.1. The van der Waals surface area contributed by atoms with Crippen LogP contribution in [0.4, 0.5) is 4.39 Å². The Morgan fingerprint density at radius 1 is 1.85 bits per heavy atom. The monoisotopic (exact) mass is 204 g/mol. The van der Waals surface area contributed by atoms with Crippen LogP contribution in [0.5, 0.6) is 0 Å². The highest BCUT2D eigenvalue weighted by molar-refractivity contribution is 7.99. The molecule has 0 saturated carbocycles. The van der Waals surface area contributed by atoms with Crippen LogP contribution < -0.4 is 0 Å². The molecule has 1 aromatic rings. The molecule has 3 nitrogen and oxygen atoms in total. The van der Waals surface area contributed by atoms with Crippen LogP contribution in [0.15, 0.2) is 16.7 Å². The lowest BCUT2D eigenvalue weighted by molar-refractivity contribution is -0.139. The zero-order valence-corrected chi connectivity index (χ0v) is 7.81. The number of carboxylic acids is 1. The number of thioether (sulfide) groups is 1. The molecule has 0 fully saturated rings. The van der Waals surface area contributed by atoms with Crippen molar-refractivity contribution >= 4 is 17.7 Å². The third-order valence-electron chi connectivity index (χ3n) is 1.52. The fourth-order valence-electron chi connectivity index (χ4n) is 0.772. The fourth-order valence-corrected chi connectivity index (χ4v) is 1.51. The largest absolute Gasteiger partial charge is 0.478 e. The molecule has 1 N–H and O–H groups in total. The third kappa shape index (κ3) is 2.77. The number of halogens is 1. The van der Waals surface area contributed by atoms with Gasteiger partial charge in [-0.1, -0.05) is 0 Å². The fraction of sp³-hybridized carbons (Fsp3) is 0.375. The molecule has 5 heteroatoms. The molecule has 1 unspecified atom stereocenters. The number of alkyl halides is 1. The van der Waals surface area contributed by atoms with Crippen LogP contribution in [-0.4, -0.2) is 16.6 Å². The molecule has 1 atom stereocenters. The van der Waals surface area contributed by atoms with Gasteiger partial charge < -0.3 is 9.52 Å². The van der Waals surface area contributed by atoms with E-state index in [-0.39, 0.29) is 5.75 Å². The zero-order valence-electron chi connectivity index (χ0n) is 6.99. The van der Waals surface area contributed by atoms with Gasteiger partial charge in [0, 0.05) is 0 Å². The second-order valence-electron chi connectivity index (χ2n) is 2.49. The lowest BCUT2D eigenvalue weighted by Gasteiger charge is -2.00. The SMILES string of the molecule is Cc1ccoc1CSC(F)C(=O)O. The first-order chi connectivity index (χ1) is 6.11. The summed E-state index contributed by atoms with van der Waals surface area (Å²) in [4.78, 5) is 10.1. The van der Waals surface area contributed by atoms with Crippen molar-refractivity contribution in [3.05, 3.63) is 23.7 Å². The van der Waals surface area contributed by atoms with E-state index in [0.717, 1.165) is 5.56 Å². The highest BCUT2D eigenvalue weighted by Crippen LogP contribution is 2.21. The maximum Gasteiger partial charge on any atom is 0.348 e. The molecule has 0 aromatic carbocycles. The maximum atomic E-state index is 12.6. The van der Waals surface area contributed by atoms with Gasteiger partial charge in [-0.15, -0.1) is 11.8 Å². The number of hydrogen-bond acceptors (Lipinski definition) is 3. The summed E-state index contributed by atoms with van der Waals surface area (Å²) in [5.74, 6) is -0.588. The Bertz CT molecular complexity index is 297. The van der Waals surface area contributed by atoms with E-state index in [1.807, 2.05) is 6.92 Å². The maximum absolute atomic E-state index is 12.6. The normalized spacial score (nSPS) is 12.8. The van der Waals surface area contributed by atoms with Crippen molar-refractivity contribution < 1.29 is 18.7 Å². The molecule has 1 heterocycles. The summed E-state index contributed by atoms with van der Waals surface area (Å²) >= 11 is 0.696. The number of aryl methyl sites for hydroxylation is 1. The quantitative estimate of drug-likeness (QED) is 0.816. The van der Waals surface area contributed by atoms with Gasteiger partial charge in [0.25, 0.3) is 0 Å². The predicted molar refractivity (Wildman–Crippen MR) is 47.3 cm³/mol. The minimum absolute atomic E-state index is 0.242. The molecule has 0 saturated heterocycles. The topological polar surface area (TPSA) is 50.4 Å². The van der Waals surface area contributed by atoms with Gasteiger partial charge in [-0.3, -0.25) is 0 Å². The molecule has 0 aliphatic carbocycles. The van der Waals surface area contributed by atoms with Crippen molar-refractivity contribution in [1.82, 2.24) is 0 Å². The summed E-state index contributed by atoms with van der Waals surface area (Å²) in [6.45, 7) is 1.83. The van der Waals surface area contributed by atoms with Gasteiger partial charge in [0.05, 0.1) is 12.0 Å². The van der Waals surface area contributed by atoms with Crippen molar-refractivity contribution in [2.45, 2.75) is 18.2 Å². The van der Waals surface area contributed by atoms with Crippen LogP contribution >= 0.6 is 11.8 Å². The molecule has 0 aliphatic rings. The van der Waals surface area contributed by atoms with Gasteiger partial charge >= 0.3 is 5.97 Å². The summed E-state index contributed by atoms with van der Waals surface area (Å²) in [5.41, 5.74) is -0.977. The Labute approximate surface area is 78.9 Å². The van der Waals surface area contributed by atoms with Crippen LogP contribution in [0.1, 0.15) is 11.3 Å². The number of furan rings is 1. The highest BCUT2D eigenvalue weighted by Gasteiger charge is 2.17. The van der Waals surface area contributed by atoms with Crippen molar-refractivity contribution in [1.29, 1.82) is 0 Å². The van der Waals surface area contributed by atoms with Crippen LogP contribution in [0.2, 0.25) is 0 Å². The van der Waals surface area contributed by atoms with E-state index in [9.17, 15) is 9.18 Å². The Balaban J connectivity index is 2.44. The van der Waals surface area contributed by atoms with Crippen LogP contribution in [0.25, 0.3) is 0 Å². The predicted octanol–water partition coefficient (Wildman–Crippen LogP) is 2.20.